The van der Waals surface area contributed by atoms with E-state index in [2.05, 4.69) is 0 Å². The molecule has 0 aliphatic heterocycles. The standard InChI is InChI=1S/C11H8ClFO2/c12-9-5-7(1-2-10(9)13)11(14)8-3-4-15-6-8/h1-6,11,14H. The first-order chi connectivity index (χ1) is 7.18. The van der Waals surface area contributed by atoms with Gasteiger partial charge in [0.15, 0.2) is 0 Å². The molecular weight excluding hydrogens is 219 g/mol. The average Bonchev–Trinajstić information content (AvgIpc) is 2.74. The lowest BCUT2D eigenvalue weighted by atomic mass is 10.0. The predicted molar refractivity (Wildman–Crippen MR) is 54.2 cm³/mol. The normalized spacial score (nSPS) is 12.7. The number of aliphatic hydroxyl groups excluding tert-OH is 1. The quantitative estimate of drug-likeness (QED) is 0.853. The van der Waals surface area contributed by atoms with Gasteiger partial charge >= 0.3 is 0 Å². The summed E-state index contributed by atoms with van der Waals surface area (Å²) >= 11 is 5.61. The fourth-order valence-electron chi connectivity index (χ4n) is 1.31. The Morgan fingerprint density at radius 3 is 2.67 bits per heavy atom. The van der Waals surface area contributed by atoms with Crippen LogP contribution in [0.15, 0.2) is 41.2 Å². The minimum absolute atomic E-state index is 0.00459. The van der Waals surface area contributed by atoms with Crippen molar-refractivity contribution < 1.29 is 13.9 Å². The Hall–Kier alpha value is -1.32. The summed E-state index contributed by atoms with van der Waals surface area (Å²) in [6, 6.07) is 5.75. The highest BCUT2D eigenvalue weighted by atomic mass is 35.5. The van der Waals surface area contributed by atoms with E-state index in [0.29, 0.717) is 11.1 Å². The molecule has 4 heteroatoms. The van der Waals surface area contributed by atoms with Crippen molar-refractivity contribution in [1.82, 2.24) is 0 Å². The second-order valence-electron chi connectivity index (χ2n) is 3.13. The van der Waals surface area contributed by atoms with Crippen LogP contribution in [0.5, 0.6) is 0 Å². The molecule has 2 nitrogen and oxygen atoms in total. The van der Waals surface area contributed by atoms with Gasteiger partial charge in [0.2, 0.25) is 0 Å². The van der Waals surface area contributed by atoms with Crippen molar-refractivity contribution in [3.8, 4) is 0 Å². The molecule has 1 aromatic carbocycles. The van der Waals surface area contributed by atoms with Crippen molar-refractivity contribution in [2.24, 2.45) is 0 Å². The van der Waals surface area contributed by atoms with Crippen LogP contribution in [0.1, 0.15) is 17.2 Å². The fraction of sp³-hybridized carbons (Fsp3) is 0.0909. The van der Waals surface area contributed by atoms with E-state index in [-0.39, 0.29) is 5.02 Å². The van der Waals surface area contributed by atoms with Crippen LogP contribution in [-0.2, 0) is 0 Å². The summed E-state index contributed by atoms with van der Waals surface area (Å²) in [4.78, 5) is 0. The molecule has 1 aromatic heterocycles. The van der Waals surface area contributed by atoms with Crippen LogP contribution in [0.2, 0.25) is 5.02 Å². The summed E-state index contributed by atoms with van der Waals surface area (Å²) in [5, 5.41) is 9.85. The SMILES string of the molecule is OC(c1ccoc1)c1ccc(F)c(Cl)c1. The van der Waals surface area contributed by atoms with E-state index >= 15 is 0 Å². The molecule has 0 fully saturated rings. The topological polar surface area (TPSA) is 33.4 Å². The third kappa shape index (κ3) is 2.03. The molecule has 1 heterocycles. The Morgan fingerprint density at radius 2 is 2.07 bits per heavy atom. The lowest BCUT2D eigenvalue weighted by Gasteiger charge is -2.08. The van der Waals surface area contributed by atoms with Gasteiger partial charge in [-0.05, 0) is 23.8 Å². The number of furan rings is 1. The molecular formula is C11H8ClFO2. The van der Waals surface area contributed by atoms with E-state index in [0.717, 1.165) is 0 Å². The Morgan fingerprint density at radius 1 is 1.27 bits per heavy atom. The molecule has 0 aliphatic carbocycles. The Kier molecular flexibility index (Phi) is 2.75. The van der Waals surface area contributed by atoms with Crippen LogP contribution >= 0.6 is 11.6 Å². The van der Waals surface area contributed by atoms with Gasteiger partial charge in [-0.2, -0.15) is 0 Å². The third-order valence-corrected chi connectivity index (χ3v) is 2.41. The third-order valence-electron chi connectivity index (χ3n) is 2.12. The number of hydrogen-bond acceptors (Lipinski definition) is 2. The maximum atomic E-state index is 12.9. The van der Waals surface area contributed by atoms with Crippen molar-refractivity contribution in [3.63, 3.8) is 0 Å². The summed E-state index contributed by atoms with van der Waals surface area (Å²) < 4.78 is 17.7. The van der Waals surface area contributed by atoms with E-state index < -0.39 is 11.9 Å². The largest absolute Gasteiger partial charge is 0.472 e. The molecule has 0 aliphatic rings. The average molecular weight is 227 g/mol. The minimum Gasteiger partial charge on any atom is -0.472 e. The zero-order valence-corrected chi connectivity index (χ0v) is 8.41. The first kappa shape index (κ1) is 10.2. The monoisotopic (exact) mass is 226 g/mol. The Bertz CT molecular complexity index is 454. The Balaban J connectivity index is 2.34. The molecule has 0 saturated carbocycles. The summed E-state index contributed by atoms with van der Waals surface area (Å²) in [7, 11) is 0. The number of halogens is 2. The molecule has 1 atom stereocenters. The zero-order chi connectivity index (χ0) is 10.8. The molecule has 0 saturated heterocycles. The summed E-state index contributed by atoms with van der Waals surface area (Å²) in [5.41, 5.74) is 1.14. The van der Waals surface area contributed by atoms with E-state index in [1.165, 1.54) is 30.7 Å². The minimum atomic E-state index is -0.846. The van der Waals surface area contributed by atoms with E-state index in [9.17, 15) is 9.50 Å². The highest BCUT2D eigenvalue weighted by molar-refractivity contribution is 6.30. The summed E-state index contributed by atoms with van der Waals surface area (Å²) in [5.74, 6) is -0.500. The predicted octanol–water partition coefficient (Wildman–Crippen LogP) is 3.15. The number of rotatable bonds is 2. The van der Waals surface area contributed by atoms with Gasteiger partial charge in [-0.15, -0.1) is 0 Å². The van der Waals surface area contributed by atoms with Crippen LogP contribution in [-0.4, -0.2) is 5.11 Å². The van der Waals surface area contributed by atoms with Gasteiger partial charge in [0.1, 0.15) is 11.9 Å². The van der Waals surface area contributed by atoms with Crippen LogP contribution in [0.4, 0.5) is 4.39 Å². The zero-order valence-electron chi connectivity index (χ0n) is 7.65. The van der Waals surface area contributed by atoms with Crippen molar-refractivity contribution >= 4 is 11.6 Å². The number of benzene rings is 1. The van der Waals surface area contributed by atoms with Gasteiger partial charge in [-0.3, -0.25) is 0 Å². The van der Waals surface area contributed by atoms with Gasteiger partial charge in [-0.1, -0.05) is 17.7 Å². The Labute approximate surface area is 90.9 Å². The number of hydrogen-bond donors (Lipinski definition) is 1. The van der Waals surface area contributed by atoms with Crippen molar-refractivity contribution in [3.05, 3.63) is 58.8 Å². The molecule has 15 heavy (non-hydrogen) atoms. The van der Waals surface area contributed by atoms with Gasteiger partial charge in [0.05, 0.1) is 17.5 Å². The van der Waals surface area contributed by atoms with Gasteiger partial charge in [0.25, 0.3) is 0 Å². The van der Waals surface area contributed by atoms with Crippen molar-refractivity contribution in [2.45, 2.75) is 6.10 Å². The van der Waals surface area contributed by atoms with Gasteiger partial charge < -0.3 is 9.52 Å². The first-order valence-electron chi connectivity index (χ1n) is 4.33. The van der Waals surface area contributed by atoms with E-state index in [1.54, 1.807) is 6.07 Å². The second kappa shape index (κ2) is 4.04. The highest BCUT2D eigenvalue weighted by Crippen LogP contribution is 2.25. The van der Waals surface area contributed by atoms with Gasteiger partial charge in [0, 0.05) is 5.56 Å². The summed E-state index contributed by atoms with van der Waals surface area (Å²) in [6.07, 6.45) is 2.05. The first-order valence-corrected chi connectivity index (χ1v) is 4.71. The van der Waals surface area contributed by atoms with Crippen molar-refractivity contribution in [2.75, 3.05) is 0 Å². The van der Waals surface area contributed by atoms with Crippen molar-refractivity contribution in [1.29, 1.82) is 0 Å². The maximum Gasteiger partial charge on any atom is 0.141 e. The van der Waals surface area contributed by atoms with E-state index in [1.807, 2.05) is 0 Å². The van der Waals surface area contributed by atoms with Crippen LogP contribution in [0.25, 0.3) is 0 Å². The smallest absolute Gasteiger partial charge is 0.141 e. The molecule has 0 radical (unpaired) electrons. The molecule has 78 valence electrons. The molecule has 1 unspecified atom stereocenters. The van der Waals surface area contributed by atoms with Gasteiger partial charge in [-0.25, -0.2) is 4.39 Å². The van der Waals surface area contributed by atoms with Crippen LogP contribution < -0.4 is 0 Å². The molecule has 0 bridgehead atoms. The van der Waals surface area contributed by atoms with Crippen LogP contribution in [0, 0.1) is 5.82 Å². The van der Waals surface area contributed by atoms with E-state index in [4.69, 9.17) is 16.0 Å². The molecule has 2 aromatic rings. The summed E-state index contributed by atoms with van der Waals surface area (Å²) in [6.45, 7) is 0. The van der Waals surface area contributed by atoms with Crippen LogP contribution in [0.3, 0.4) is 0 Å². The highest BCUT2D eigenvalue weighted by Gasteiger charge is 2.13. The molecule has 0 spiro atoms. The molecule has 1 N–H and O–H groups in total. The lowest BCUT2D eigenvalue weighted by Crippen LogP contribution is -1.98. The fourth-order valence-corrected chi connectivity index (χ4v) is 1.49. The molecule has 0 amide bonds. The maximum absolute atomic E-state index is 12.9. The molecule has 2 rings (SSSR count). The number of aliphatic hydroxyl groups is 1. The second-order valence-corrected chi connectivity index (χ2v) is 3.54. The lowest BCUT2D eigenvalue weighted by molar-refractivity contribution is 0.219.